The molecule has 3 nitrogen and oxygen atoms in total. The average Bonchev–Trinajstić information content (AvgIpc) is 2.80. The number of nitrogens with zero attached hydrogens (tertiary/aromatic N) is 2. The minimum Gasteiger partial charge on any atom is -0.284 e. The Morgan fingerprint density at radius 2 is 2.08 bits per heavy atom. The standard InChI is InChI=1S/C18H19FN2OS2/c1-10(2)21-17(22)15-11(3)12(4)24-16(15)20-18(21)23-9-13-6-5-7-14(19)8-13/h5-8,10H,9H2,1-4H3. The van der Waals surface area contributed by atoms with E-state index in [2.05, 4.69) is 0 Å². The van der Waals surface area contributed by atoms with Gasteiger partial charge in [0.2, 0.25) is 0 Å². The first-order valence-corrected chi connectivity index (χ1v) is 9.58. The third kappa shape index (κ3) is 3.13. The molecule has 0 radical (unpaired) electrons. The molecule has 0 aliphatic heterocycles. The second-order valence-electron chi connectivity index (χ2n) is 6.05. The minimum absolute atomic E-state index is 0.0126. The maximum absolute atomic E-state index is 13.3. The summed E-state index contributed by atoms with van der Waals surface area (Å²) in [4.78, 5) is 19.6. The lowest BCUT2D eigenvalue weighted by molar-refractivity contribution is 0.519. The van der Waals surface area contributed by atoms with E-state index in [1.54, 1.807) is 22.0 Å². The topological polar surface area (TPSA) is 34.9 Å². The van der Waals surface area contributed by atoms with Crippen molar-refractivity contribution >= 4 is 33.3 Å². The van der Waals surface area contributed by atoms with Crippen LogP contribution < -0.4 is 5.56 Å². The van der Waals surface area contributed by atoms with Crippen molar-refractivity contribution in [3.8, 4) is 0 Å². The summed E-state index contributed by atoms with van der Waals surface area (Å²) in [6, 6.07) is 6.54. The summed E-state index contributed by atoms with van der Waals surface area (Å²) in [6.07, 6.45) is 0. The first-order chi connectivity index (χ1) is 11.4. The molecule has 0 atom stereocenters. The molecule has 0 amide bonds. The van der Waals surface area contributed by atoms with E-state index in [0.29, 0.717) is 10.9 Å². The molecule has 0 unspecified atom stereocenters. The molecule has 0 saturated carbocycles. The van der Waals surface area contributed by atoms with Crippen LogP contribution in [0.1, 0.15) is 35.9 Å². The average molecular weight is 362 g/mol. The lowest BCUT2D eigenvalue weighted by atomic mass is 10.2. The van der Waals surface area contributed by atoms with E-state index < -0.39 is 0 Å². The van der Waals surface area contributed by atoms with Crippen LogP contribution in [0.3, 0.4) is 0 Å². The van der Waals surface area contributed by atoms with Gasteiger partial charge < -0.3 is 0 Å². The molecule has 0 aliphatic rings. The van der Waals surface area contributed by atoms with Crippen LogP contribution in [-0.2, 0) is 5.75 Å². The van der Waals surface area contributed by atoms with Gasteiger partial charge in [-0.3, -0.25) is 9.36 Å². The number of rotatable bonds is 4. The van der Waals surface area contributed by atoms with Crippen LogP contribution in [0, 0.1) is 19.7 Å². The highest BCUT2D eigenvalue weighted by Crippen LogP contribution is 2.30. The molecule has 1 aromatic carbocycles. The van der Waals surface area contributed by atoms with Gasteiger partial charge in [0.15, 0.2) is 5.16 Å². The van der Waals surface area contributed by atoms with Gasteiger partial charge in [-0.25, -0.2) is 9.37 Å². The first kappa shape index (κ1) is 17.2. The Hall–Kier alpha value is -1.66. The van der Waals surface area contributed by atoms with E-state index in [0.717, 1.165) is 26.2 Å². The van der Waals surface area contributed by atoms with Crippen molar-refractivity contribution < 1.29 is 4.39 Å². The summed E-state index contributed by atoms with van der Waals surface area (Å²) in [7, 11) is 0. The zero-order valence-corrected chi connectivity index (χ0v) is 15.7. The maximum Gasteiger partial charge on any atom is 0.263 e. The molecule has 6 heteroatoms. The number of hydrogen-bond acceptors (Lipinski definition) is 4. The maximum atomic E-state index is 13.3. The normalized spacial score (nSPS) is 11.6. The van der Waals surface area contributed by atoms with Crippen LogP contribution in [0.5, 0.6) is 0 Å². The minimum atomic E-state index is -0.248. The number of thioether (sulfide) groups is 1. The fraction of sp³-hybridized carbons (Fsp3) is 0.333. The molecule has 3 aromatic rings. The van der Waals surface area contributed by atoms with E-state index in [9.17, 15) is 9.18 Å². The quantitative estimate of drug-likeness (QED) is 0.479. The van der Waals surface area contributed by atoms with E-state index in [1.165, 1.54) is 23.9 Å². The number of hydrogen-bond donors (Lipinski definition) is 0. The number of halogens is 1. The predicted molar refractivity (Wildman–Crippen MR) is 99.7 cm³/mol. The summed E-state index contributed by atoms with van der Waals surface area (Å²) < 4.78 is 15.1. The Morgan fingerprint density at radius 1 is 1.33 bits per heavy atom. The highest BCUT2D eigenvalue weighted by Gasteiger charge is 2.18. The van der Waals surface area contributed by atoms with Crippen molar-refractivity contribution in [1.29, 1.82) is 0 Å². The highest BCUT2D eigenvalue weighted by molar-refractivity contribution is 7.98. The van der Waals surface area contributed by atoms with Crippen LogP contribution >= 0.6 is 23.1 Å². The van der Waals surface area contributed by atoms with E-state index >= 15 is 0 Å². The Kier molecular flexibility index (Phi) is 4.78. The van der Waals surface area contributed by atoms with Gasteiger partial charge >= 0.3 is 0 Å². The summed E-state index contributed by atoms with van der Waals surface area (Å²) in [5, 5.41) is 1.41. The summed E-state index contributed by atoms with van der Waals surface area (Å²) in [5.74, 6) is 0.327. The molecule has 0 N–H and O–H groups in total. The Labute approximate surface area is 148 Å². The van der Waals surface area contributed by atoms with Gasteiger partial charge in [0.1, 0.15) is 10.6 Å². The monoisotopic (exact) mass is 362 g/mol. The third-order valence-electron chi connectivity index (χ3n) is 3.98. The number of fused-ring (bicyclic) bond motifs is 1. The lowest BCUT2D eigenvalue weighted by Gasteiger charge is -2.15. The number of benzene rings is 1. The lowest BCUT2D eigenvalue weighted by Crippen LogP contribution is -2.24. The molecule has 0 bridgehead atoms. The zero-order chi connectivity index (χ0) is 17.4. The smallest absolute Gasteiger partial charge is 0.263 e. The molecular weight excluding hydrogens is 343 g/mol. The van der Waals surface area contributed by atoms with E-state index in [-0.39, 0.29) is 17.4 Å². The van der Waals surface area contributed by atoms with Crippen molar-refractivity contribution in [2.24, 2.45) is 0 Å². The molecule has 0 fully saturated rings. The van der Waals surface area contributed by atoms with Crippen molar-refractivity contribution in [1.82, 2.24) is 9.55 Å². The number of aromatic nitrogens is 2. The molecule has 0 aliphatic carbocycles. The second-order valence-corrected chi connectivity index (χ2v) is 8.19. The third-order valence-corrected chi connectivity index (χ3v) is 6.10. The SMILES string of the molecule is Cc1sc2nc(SCc3cccc(F)c3)n(C(C)C)c(=O)c2c1C. The Morgan fingerprint density at radius 3 is 2.75 bits per heavy atom. The van der Waals surface area contributed by atoms with Gasteiger partial charge in [0, 0.05) is 16.7 Å². The number of aryl methyl sites for hydroxylation is 2. The van der Waals surface area contributed by atoms with E-state index in [1.807, 2.05) is 33.8 Å². The first-order valence-electron chi connectivity index (χ1n) is 7.78. The van der Waals surface area contributed by atoms with Gasteiger partial charge in [0.05, 0.1) is 5.39 Å². The zero-order valence-electron chi connectivity index (χ0n) is 14.1. The molecular formula is C18H19FN2OS2. The van der Waals surface area contributed by atoms with Crippen LogP contribution in [0.25, 0.3) is 10.2 Å². The predicted octanol–water partition coefficient (Wildman–Crippen LogP) is 5.09. The number of thiophene rings is 1. The molecule has 2 heterocycles. The molecule has 0 saturated heterocycles. The van der Waals surface area contributed by atoms with Crippen LogP contribution in [-0.4, -0.2) is 9.55 Å². The Balaban J connectivity index is 2.06. The Bertz CT molecular complexity index is 960. The van der Waals surface area contributed by atoms with Crippen LogP contribution in [0.4, 0.5) is 4.39 Å². The van der Waals surface area contributed by atoms with Gasteiger partial charge in [0.25, 0.3) is 5.56 Å². The molecule has 24 heavy (non-hydrogen) atoms. The summed E-state index contributed by atoms with van der Waals surface area (Å²) in [5.41, 5.74) is 1.91. The van der Waals surface area contributed by atoms with Crippen LogP contribution in [0.2, 0.25) is 0 Å². The van der Waals surface area contributed by atoms with Crippen molar-refractivity contribution in [2.45, 2.75) is 44.6 Å². The van der Waals surface area contributed by atoms with Gasteiger partial charge in [-0.1, -0.05) is 23.9 Å². The highest BCUT2D eigenvalue weighted by atomic mass is 32.2. The second kappa shape index (κ2) is 6.69. The molecule has 126 valence electrons. The molecule has 0 spiro atoms. The van der Waals surface area contributed by atoms with Gasteiger partial charge in [-0.2, -0.15) is 0 Å². The van der Waals surface area contributed by atoms with E-state index in [4.69, 9.17) is 4.98 Å². The fourth-order valence-electron chi connectivity index (χ4n) is 2.62. The van der Waals surface area contributed by atoms with Gasteiger partial charge in [-0.05, 0) is 51.0 Å². The van der Waals surface area contributed by atoms with Crippen molar-refractivity contribution in [3.05, 3.63) is 56.4 Å². The van der Waals surface area contributed by atoms with Crippen molar-refractivity contribution in [2.75, 3.05) is 0 Å². The fourth-order valence-corrected chi connectivity index (χ4v) is 4.76. The molecule has 2 aromatic heterocycles. The largest absolute Gasteiger partial charge is 0.284 e. The van der Waals surface area contributed by atoms with Gasteiger partial charge in [-0.15, -0.1) is 11.3 Å². The van der Waals surface area contributed by atoms with Crippen molar-refractivity contribution in [3.63, 3.8) is 0 Å². The van der Waals surface area contributed by atoms with Crippen LogP contribution in [0.15, 0.2) is 34.2 Å². The molecule has 3 rings (SSSR count). The summed E-state index contributed by atoms with van der Waals surface area (Å²) in [6.45, 7) is 7.95. The summed E-state index contributed by atoms with van der Waals surface area (Å²) >= 11 is 3.03.